The van der Waals surface area contributed by atoms with Gasteiger partial charge in [0.25, 0.3) is 0 Å². The summed E-state index contributed by atoms with van der Waals surface area (Å²) in [6.07, 6.45) is 6.11. The molecule has 0 heterocycles. The molecule has 0 N–H and O–H groups in total. The molecule has 0 amide bonds. The van der Waals surface area contributed by atoms with Gasteiger partial charge in [-0.1, -0.05) is 57.2 Å². The van der Waals surface area contributed by atoms with Crippen LogP contribution < -0.4 is 0 Å². The highest BCUT2D eigenvalue weighted by atomic mass is 19.4. The lowest BCUT2D eigenvalue weighted by Gasteiger charge is -2.09. The highest BCUT2D eigenvalue weighted by molar-refractivity contribution is 5.64. The van der Waals surface area contributed by atoms with Crippen molar-refractivity contribution >= 4 is 5.57 Å². The minimum Gasteiger partial charge on any atom is -0.166 e. The van der Waals surface area contributed by atoms with E-state index < -0.39 is 11.7 Å². The first kappa shape index (κ1) is 17.8. The normalized spacial score (nSPS) is 12.7. The topological polar surface area (TPSA) is 0 Å². The molecule has 0 aliphatic heterocycles. The summed E-state index contributed by atoms with van der Waals surface area (Å²) >= 11 is 0. The van der Waals surface area contributed by atoms with Crippen molar-refractivity contribution in [3.63, 3.8) is 0 Å². The van der Waals surface area contributed by atoms with Crippen LogP contribution in [-0.2, 0) is 6.18 Å². The molecular formula is C18H25F3. The van der Waals surface area contributed by atoms with Crippen LogP contribution in [0.3, 0.4) is 0 Å². The van der Waals surface area contributed by atoms with Crippen molar-refractivity contribution in [1.29, 1.82) is 0 Å². The summed E-state index contributed by atoms with van der Waals surface area (Å²) in [5.41, 5.74) is 1.01. The second kappa shape index (κ2) is 8.91. The zero-order valence-corrected chi connectivity index (χ0v) is 13.0. The van der Waals surface area contributed by atoms with Gasteiger partial charge in [0.2, 0.25) is 0 Å². The number of benzene rings is 1. The maximum atomic E-state index is 12.7. The predicted molar refractivity (Wildman–Crippen MR) is 83.1 cm³/mol. The maximum absolute atomic E-state index is 12.7. The van der Waals surface area contributed by atoms with Crippen molar-refractivity contribution in [3.05, 3.63) is 41.5 Å². The summed E-state index contributed by atoms with van der Waals surface area (Å²) in [7, 11) is 0. The van der Waals surface area contributed by atoms with Crippen LogP contribution in [0.2, 0.25) is 0 Å². The molecule has 3 heteroatoms. The summed E-state index contributed by atoms with van der Waals surface area (Å²) in [4.78, 5) is 0. The Balaban J connectivity index is 2.47. The number of hydrogen-bond donors (Lipinski definition) is 0. The highest BCUT2D eigenvalue weighted by Crippen LogP contribution is 2.31. The van der Waals surface area contributed by atoms with Gasteiger partial charge in [-0.05, 0) is 43.0 Å². The molecule has 0 aliphatic carbocycles. The smallest absolute Gasteiger partial charge is 0.166 e. The largest absolute Gasteiger partial charge is 0.416 e. The van der Waals surface area contributed by atoms with Gasteiger partial charge in [0.05, 0.1) is 5.56 Å². The third-order valence-electron chi connectivity index (χ3n) is 3.65. The van der Waals surface area contributed by atoms with Crippen molar-refractivity contribution in [3.8, 4) is 0 Å². The fourth-order valence-electron chi connectivity index (χ4n) is 2.30. The van der Waals surface area contributed by atoms with Crippen molar-refractivity contribution in [1.82, 2.24) is 0 Å². The summed E-state index contributed by atoms with van der Waals surface area (Å²) in [6, 6.07) is 5.56. The van der Waals surface area contributed by atoms with Gasteiger partial charge in [-0.3, -0.25) is 0 Å². The van der Waals surface area contributed by atoms with Crippen LogP contribution in [0.25, 0.3) is 5.57 Å². The summed E-state index contributed by atoms with van der Waals surface area (Å²) in [6.45, 7) is 4.08. The lowest BCUT2D eigenvalue weighted by atomic mass is 10.0. The zero-order valence-electron chi connectivity index (χ0n) is 13.0. The van der Waals surface area contributed by atoms with Gasteiger partial charge >= 0.3 is 6.18 Å². The first-order chi connectivity index (χ1) is 9.95. The first-order valence-corrected chi connectivity index (χ1v) is 7.79. The number of hydrogen-bond acceptors (Lipinski definition) is 0. The molecule has 1 aromatic rings. The molecule has 0 nitrogen and oxygen atoms in total. The maximum Gasteiger partial charge on any atom is 0.416 e. The zero-order chi connectivity index (χ0) is 15.7. The van der Waals surface area contributed by atoms with E-state index >= 15 is 0 Å². The van der Waals surface area contributed by atoms with Crippen molar-refractivity contribution in [2.45, 2.75) is 65.0 Å². The van der Waals surface area contributed by atoms with Crippen LogP contribution in [0.1, 0.15) is 69.9 Å². The monoisotopic (exact) mass is 298 g/mol. The first-order valence-electron chi connectivity index (χ1n) is 7.79. The quantitative estimate of drug-likeness (QED) is 0.460. The van der Waals surface area contributed by atoms with Crippen molar-refractivity contribution in [2.24, 2.45) is 0 Å². The molecule has 0 unspecified atom stereocenters. The molecule has 0 atom stereocenters. The van der Waals surface area contributed by atoms with Crippen LogP contribution in [0.15, 0.2) is 30.3 Å². The lowest BCUT2D eigenvalue weighted by molar-refractivity contribution is -0.137. The number of alkyl halides is 3. The molecule has 0 aliphatic rings. The third-order valence-corrected chi connectivity index (χ3v) is 3.65. The average molecular weight is 298 g/mol. The molecule has 118 valence electrons. The second-order valence-electron chi connectivity index (χ2n) is 5.52. The molecular weight excluding hydrogens is 273 g/mol. The van der Waals surface area contributed by atoms with Crippen LogP contribution in [-0.4, -0.2) is 0 Å². The van der Waals surface area contributed by atoms with Gasteiger partial charge in [0.1, 0.15) is 0 Å². The van der Waals surface area contributed by atoms with E-state index in [1.807, 2.05) is 6.92 Å². The van der Waals surface area contributed by atoms with Gasteiger partial charge in [-0.25, -0.2) is 0 Å². The van der Waals surface area contributed by atoms with E-state index in [1.165, 1.54) is 44.2 Å². The molecule has 0 fully saturated rings. The van der Waals surface area contributed by atoms with Crippen LogP contribution in [0.4, 0.5) is 13.2 Å². The molecule has 21 heavy (non-hydrogen) atoms. The standard InChI is InChI=1S/C18H25F3/c1-3-4-5-6-7-8-9-11-15(2)16-12-10-13-17(14-16)18(19,20)21/h10-14H,3-9H2,1-2H3. The van der Waals surface area contributed by atoms with Crippen LogP contribution >= 0.6 is 0 Å². The molecule has 0 saturated carbocycles. The minimum atomic E-state index is -4.27. The Kier molecular flexibility index (Phi) is 7.55. The van der Waals surface area contributed by atoms with Crippen molar-refractivity contribution < 1.29 is 13.2 Å². The molecule has 0 spiro atoms. The predicted octanol–water partition coefficient (Wildman–Crippen LogP) is 6.86. The Bertz CT molecular complexity index is 444. The van der Waals surface area contributed by atoms with Crippen molar-refractivity contribution in [2.75, 3.05) is 0 Å². The lowest BCUT2D eigenvalue weighted by Crippen LogP contribution is -2.04. The van der Waals surface area contributed by atoms with E-state index in [0.717, 1.165) is 24.5 Å². The Morgan fingerprint density at radius 1 is 1.05 bits per heavy atom. The van der Waals surface area contributed by atoms with Crippen LogP contribution in [0.5, 0.6) is 0 Å². The Morgan fingerprint density at radius 3 is 2.38 bits per heavy atom. The number of rotatable bonds is 8. The highest BCUT2D eigenvalue weighted by Gasteiger charge is 2.30. The Labute approximate surface area is 126 Å². The molecule has 0 radical (unpaired) electrons. The summed E-state index contributed by atoms with van der Waals surface area (Å²) in [5.74, 6) is 0. The fourth-order valence-corrected chi connectivity index (χ4v) is 2.30. The molecule has 0 saturated heterocycles. The van der Waals surface area contributed by atoms with Gasteiger partial charge in [-0.15, -0.1) is 0 Å². The van der Waals surface area contributed by atoms with Gasteiger partial charge in [0.15, 0.2) is 0 Å². The molecule has 0 bridgehead atoms. The van der Waals surface area contributed by atoms with Crippen LogP contribution in [0, 0.1) is 0 Å². The van der Waals surface area contributed by atoms with E-state index in [9.17, 15) is 13.2 Å². The van der Waals surface area contributed by atoms with E-state index in [4.69, 9.17) is 0 Å². The molecule has 0 aromatic heterocycles. The van der Waals surface area contributed by atoms with Gasteiger partial charge in [0, 0.05) is 0 Å². The number of halogens is 3. The molecule has 1 rings (SSSR count). The fraction of sp³-hybridized carbons (Fsp3) is 0.556. The van der Waals surface area contributed by atoms with E-state index in [0.29, 0.717) is 5.56 Å². The molecule has 1 aromatic carbocycles. The number of unbranched alkanes of at least 4 members (excludes halogenated alkanes) is 6. The SMILES string of the molecule is CCCCCCCCC=C(C)c1cccc(C(F)(F)F)c1. The summed E-state index contributed by atoms with van der Waals surface area (Å²) < 4.78 is 38.0. The Hall–Kier alpha value is -1.25. The van der Waals surface area contributed by atoms with E-state index in [1.54, 1.807) is 6.07 Å². The third kappa shape index (κ3) is 6.83. The van der Waals surface area contributed by atoms with Gasteiger partial charge < -0.3 is 0 Å². The van der Waals surface area contributed by atoms with Gasteiger partial charge in [-0.2, -0.15) is 13.2 Å². The average Bonchev–Trinajstić information content (AvgIpc) is 2.45. The minimum absolute atomic E-state index is 0.577. The number of allylic oxidation sites excluding steroid dienone is 2. The summed E-state index contributed by atoms with van der Waals surface area (Å²) in [5, 5.41) is 0. The van der Waals surface area contributed by atoms with E-state index in [2.05, 4.69) is 13.0 Å². The second-order valence-corrected chi connectivity index (χ2v) is 5.52. The van der Waals surface area contributed by atoms with E-state index in [-0.39, 0.29) is 0 Å². The Morgan fingerprint density at radius 2 is 1.71 bits per heavy atom.